The van der Waals surface area contributed by atoms with E-state index >= 15 is 0 Å². The molecule has 0 bridgehead atoms. The van der Waals surface area contributed by atoms with E-state index in [4.69, 9.17) is 9.72 Å². The zero-order valence-electron chi connectivity index (χ0n) is 11.7. The molecule has 1 fully saturated rings. The third kappa shape index (κ3) is 2.92. The van der Waals surface area contributed by atoms with Crippen molar-refractivity contribution in [2.75, 3.05) is 13.7 Å². The van der Waals surface area contributed by atoms with E-state index in [0.717, 1.165) is 37.6 Å². The number of thiazole rings is 1. The van der Waals surface area contributed by atoms with Gasteiger partial charge in [0.1, 0.15) is 10.6 Å². The normalized spacial score (nSPS) is 28.5. The lowest BCUT2D eigenvalue weighted by atomic mass is 9.79. The fourth-order valence-corrected chi connectivity index (χ4v) is 3.96. The lowest BCUT2D eigenvalue weighted by molar-refractivity contribution is -0.0821. The maximum absolute atomic E-state index is 6.15. The van der Waals surface area contributed by atoms with Gasteiger partial charge in [0.25, 0.3) is 0 Å². The van der Waals surface area contributed by atoms with E-state index in [1.54, 1.807) is 11.3 Å². The molecule has 1 aromatic rings. The summed E-state index contributed by atoms with van der Waals surface area (Å²) >= 11 is 1.76. The Morgan fingerprint density at radius 1 is 1.61 bits per heavy atom. The van der Waals surface area contributed by atoms with Crippen LogP contribution in [0.1, 0.15) is 50.2 Å². The first kappa shape index (κ1) is 14.0. The van der Waals surface area contributed by atoms with Gasteiger partial charge in [0.15, 0.2) is 0 Å². The highest BCUT2D eigenvalue weighted by atomic mass is 32.1. The Kier molecular flexibility index (Phi) is 4.76. The smallest absolute Gasteiger partial charge is 0.125 e. The SMILES string of the molecule is CCOC1(c2nc(CNC)cs2)CCCC(C)C1. The highest BCUT2D eigenvalue weighted by Gasteiger charge is 2.39. The van der Waals surface area contributed by atoms with Gasteiger partial charge >= 0.3 is 0 Å². The van der Waals surface area contributed by atoms with Crippen molar-refractivity contribution in [3.63, 3.8) is 0 Å². The van der Waals surface area contributed by atoms with Gasteiger partial charge in [-0.15, -0.1) is 11.3 Å². The molecule has 1 aromatic heterocycles. The zero-order chi connectivity index (χ0) is 13.0. The lowest BCUT2D eigenvalue weighted by Crippen LogP contribution is -2.35. The summed E-state index contributed by atoms with van der Waals surface area (Å²) in [6, 6.07) is 0. The second-order valence-corrected chi connectivity index (χ2v) is 6.16. The quantitative estimate of drug-likeness (QED) is 0.889. The molecule has 0 aromatic carbocycles. The Hall–Kier alpha value is -0.450. The van der Waals surface area contributed by atoms with Gasteiger partial charge in [0, 0.05) is 18.5 Å². The van der Waals surface area contributed by atoms with Crippen molar-refractivity contribution in [1.29, 1.82) is 0 Å². The van der Waals surface area contributed by atoms with Crippen LogP contribution >= 0.6 is 11.3 Å². The number of aromatic nitrogens is 1. The summed E-state index contributed by atoms with van der Waals surface area (Å²) in [4.78, 5) is 4.78. The molecule has 18 heavy (non-hydrogen) atoms. The molecule has 2 atom stereocenters. The third-order valence-electron chi connectivity index (χ3n) is 3.68. The molecule has 1 aliphatic rings. The Labute approximate surface area is 114 Å². The van der Waals surface area contributed by atoms with Crippen LogP contribution in [0.3, 0.4) is 0 Å². The van der Waals surface area contributed by atoms with Gasteiger partial charge in [-0.05, 0) is 39.2 Å². The molecule has 4 heteroatoms. The van der Waals surface area contributed by atoms with E-state index in [1.165, 1.54) is 17.8 Å². The molecule has 1 saturated carbocycles. The molecule has 0 amide bonds. The molecule has 2 rings (SSSR count). The number of hydrogen-bond donors (Lipinski definition) is 1. The lowest BCUT2D eigenvalue weighted by Gasteiger charge is -2.38. The van der Waals surface area contributed by atoms with E-state index in [-0.39, 0.29) is 5.60 Å². The van der Waals surface area contributed by atoms with E-state index in [1.807, 2.05) is 7.05 Å². The summed E-state index contributed by atoms with van der Waals surface area (Å²) in [5, 5.41) is 6.50. The first-order chi connectivity index (χ1) is 8.70. The summed E-state index contributed by atoms with van der Waals surface area (Å²) in [5.74, 6) is 0.738. The van der Waals surface area contributed by atoms with Crippen molar-refractivity contribution < 1.29 is 4.74 Å². The highest BCUT2D eigenvalue weighted by Crippen LogP contribution is 2.43. The van der Waals surface area contributed by atoms with Crippen LogP contribution in [0, 0.1) is 5.92 Å². The topological polar surface area (TPSA) is 34.1 Å². The van der Waals surface area contributed by atoms with E-state index in [9.17, 15) is 0 Å². The number of nitrogens with one attached hydrogen (secondary N) is 1. The summed E-state index contributed by atoms with van der Waals surface area (Å²) in [6.45, 7) is 6.03. The maximum Gasteiger partial charge on any atom is 0.125 e. The van der Waals surface area contributed by atoms with Crippen LogP contribution in [-0.2, 0) is 16.9 Å². The predicted octanol–water partition coefficient (Wildman–Crippen LogP) is 3.30. The molecule has 3 nitrogen and oxygen atoms in total. The van der Waals surface area contributed by atoms with Gasteiger partial charge in [-0.1, -0.05) is 13.3 Å². The molecule has 0 aliphatic heterocycles. The van der Waals surface area contributed by atoms with Crippen LogP contribution in [0.25, 0.3) is 0 Å². The monoisotopic (exact) mass is 268 g/mol. The second-order valence-electron chi connectivity index (χ2n) is 5.30. The fourth-order valence-electron chi connectivity index (χ4n) is 2.95. The second kappa shape index (κ2) is 6.13. The molecular weight excluding hydrogens is 244 g/mol. The number of nitrogens with zero attached hydrogens (tertiary/aromatic N) is 1. The van der Waals surface area contributed by atoms with E-state index < -0.39 is 0 Å². The molecule has 2 unspecified atom stereocenters. The Morgan fingerprint density at radius 2 is 2.44 bits per heavy atom. The molecule has 102 valence electrons. The van der Waals surface area contributed by atoms with Gasteiger partial charge < -0.3 is 10.1 Å². The maximum atomic E-state index is 6.15. The van der Waals surface area contributed by atoms with E-state index in [2.05, 4.69) is 24.5 Å². The highest BCUT2D eigenvalue weighted by molar-refractivity contribution is 7.09. The van der Waals surface area contributed by atoms with Crippen molar-refractivity contribution in [2.45, 2.75) is 51.7 Å². The van der Waals surface area contributed by atoms with Crippen molar-refractivity contribution in [3.8, 4) is 0 Å². The van der Waals surface area contributed by atoms with Crippen molar-refractivity contribution in [1.82, 2.24) is 10.3 Å². The first-order valence-corrected chi connectivity index (χ1v) is 7.81. The molecular formula is C14H24N2OS. The van der Waals surface area contributed by atoms with Crippen molar-refractivity contribution in [3.05, 3.63) is 16.1 Å². The predicted molar refractivity (Wildman–Crippen MR) is 75.8 cm³/mol. The number of ether oxygens (including phenoxy) is 1. The minimum Gasteiger partial charge on any atom is -0.368 e. The Morgan fingerprint density at radius 3 is 3.11 bits per heavy atom. The molecule has 1 aliphatic carbocycles. The van der Waals surface area contributed by atoms with Crippen LogP contribution in [0.5, 0.6) is 0 Å². The van der Waals surface area contributed by atoms with Crippen LogP contribution < -0.4 is 5.32 Å². The summed E-state index contributed by atoms with van der Waals surface area (Å²) in [5.41, 5.74) is 1.03. The molecule has 0 saturated heterocycles. The fraction of sp³-hybridized carbons (Fsp3) is 0.786. The van der Waals surface area contributed by atoms with Gasteiger partial charge in [0.05, 0.1) is 5.69 Å². The third-order valence-corrected chi connectivity index (χ3v) is 4.75. The van der Waals surface area contributed by atoms with Crippen LogP contribution in [0.15, 0.2) is 5.38 Å². The summed E-state index contributed by atoms with van der Waals surface area (Å²) < 4.78 is 6.15. The molecule has 0 spiro atoms. The van der Waals surface area contributed by atoms with Crippen molar-refractivity contribution >= 4 is 11.3 Å². The van der Waals surface area contributed by atoms with Gasteiger partial charge in [-0.3, -0.25) is 0 Å². The molecule has 0 radical (unpaired) electrons. The van der Waals surface area contributed by atoms with Crippen LogP contribution in [0.2, 0.25) is 0 Å². The molecule has 1 heterocycles. The standard InChI is InChI=1S/C14H24N2OS/c1-4-17-14(7-5-6-11(2)8-14)13-16-12(9-15-3)10-18-13/h10-11,15H,4-9H2,1-3H3. The largest absolute Gasteiger partial charge is 0.368 e. The summed E-state index contributed by atoms with van der Waals surface area (Å²) in [6.07, 6.45) is 4.82. The average molecular weight is 268 g/mol. The molecule has 1 N–H and O–H groups in total. The summed E-state index contributed by atoms with van der Waals surface area (Å²) in [7, 11) is 1.96. The zero-order valence-corrected chi connectivity index (χ0v) is 12.5. The Balaban J connectivity index is 2.21. The minimum atomic E-state index is -0.108. The van der Waals surface area contributed by atoms with Crippen LogP contribution in [0.4, 0.5) is 0 Å². The average Bonchev–Trinajstić information content (AvgIpc) is 2.79. The number of hydrogen-bond acceptors (Lipinski definition) is 4. The Bertz CT molecular complexity index is 376. The number of rotatable bonds is 5. The van der Waals surface area contributed by atoms with Crippen LogP contribution in [-0.4, -0.2) is 18.6 Å². The van der Waals surface area contributed by atoms with Crippen molar-refractivity contribution in [2.24, 2.45) is 5.92 Å². The van der Waals surface area contributed by atoms with Gasteiger partial charge in [-0.2, -0.15) is 0 Å². The minimum absolute atomic E-state index is 0.108. The van der Waals surface area contributed by atoms with Gasteiger partial charge in [-0.25, -0.2) is 4.98 Å². The van der Waals surface area contributed by atoms with E-state index in [0.29, 0.717) is 0 Å². The van der Waals surface area contributed by atoms with Gasteiger partial charge in [0.2, 0.25) is 0 Å². The first-order valence-electron chi connectivity index (χ1n) is 6.93.